The quantitative estimate of drug-likeness (QED) is 0.768. The summed E-state index contributed by atoms with van der Waals surface area (Å²) in [7, 11) is 5.51. The number of aromatic hydroxyl groups is 1. The molecule has 2 aromatic carbocycles. The average Bonchev–Trinajstić information content (AvgIpc) is 2.57. The van der Waals surface area contributed by atoms with E-state index in [1.54, 1.807) is 25.3 Å². The van der Waals surface area contributed by atoms with Crippen LogP contribution >= 0.6 is 0 Å². The molecule has 3 rings (SSSR count). The monoisotopic (exact) mass is 326 g/mol. The van der Waals surface area contributed by atoms with Gasteiger partial charge < -0.3 is 19.2 Å². The van der Waals surface area contributed by atoms with Gasteiger partial charge in [-0.2, -0.15) is 0 Å². The average molecular weight is 326 g/mol. The fraction of sp³-hybridized carbons (Fsp3) is 0.211. The first-order valence-electron chi connectivity index (χ1n) is 7.71. The highest BCUT2D eigenvalue weighted by Crippen LogP contribution is 2.31. The van der Waals surface area contributed by atoms with Crippen molar-refractivity contribution < 1.29 is 19.2 Å². The lowest BCUT2D eigenvalue weighted by molar-refractivity contribution is -0.872. The lowest BCUT2D eigenvalue weighted by atomic mass is 10.0. The molecule has 0 aliphatic carbocycles. The van der Waals surface area contributed by atoms with Gasteiger partial charge in [0.25, 0.3) is 0 Å². The van der Waals surface area contributed by atoms with Crippen LogP contribution in [-0.2, 0) is 6.54 Å². The van der Waals surface area contributed by atoms with E-state index in [0.717, 1.165) is 4.90 Å². The Hall–Kier alpha value is -2.79. The number of phenols is 1. The van der Waals surface area contributed by atoms with E-state index in [9.17, 15) is 9.90 Å². The molecule has 2 N–H and O–H groups in total. The molecule has 0 aliphatic heterocycles. The zero-order valence-corrected chi connectivity index (χ0v) is 13.9. The van der Waals surface area contributed by atoms with Crippen molar-refractivity contribution >= 4 is 11.0 Å². The van der Waals surface area contributed by atoms with E-state index < -0.39 is 0 Å². The molecule has 3 aromatic rings. The summed E-state index contributed by atoms with van der Waals surface area (Å²) in [4.78, 5) is 14.1. The maximum atomic E-state index is 12.9. The molecule has 5 nitrogen and oxygen atoms in total. The summed E-state index contributed by atoms with van der Waals surface area (Å²) in [6.45, 7) is 0.556. The van der Waals surface area contributed by atoms with Gasteiger partial charge in [-0.15, -0.1) is 0 Å². The van der Waals surface area contributed by atoms with Crippen LogP contribution in [0.1, 0.15) is 5.56 Å². The molecule has 124 valence electrons. The first-order chi connectivity index (χ1) is 11.5. The molecule has 0 fully saturated rings. The highest BCUT2D eigenvalue weighted by atomic mass is 16.5. The lowest BCUT2D eigenvalue weighted by Gasteiger charge is -2.12. The number of para-hydroxylation sites is 1. The van der Waals surface area contributed by atoms with Gasteiger partial charge in [0.05, 0.1) is 37.7 Å². The van der Waals surface area contributed by atoms with Crippen LogP contribution < -0.4 is 15.1 Å². The number of ether oxygens (including phenoxy) is 1. The van der Waals surface area contributed by atoms with Crippen LogP contribution in [0.25, 0.3) is 22.1 Å². The Bertz CT molecular complexity index is 944. The van der Waals surface area contributed by atoms with E-state index in [-0.39, 0.29) is 11.2 Å². The predicted molar refractivity (Wildman–Crippen MR) is 92.7 cm³/mol. The molecular formula is C19H20NO4+. The van der Waals surface area contributed by atoms with Crippen molar-refractivity contribution in [2.24, 2.45) is 0 Å². The summed E-state index contributed by atoms with van der Waals surface area (Å²) in [5.41, 5.74) is 2.05. The van der Waals surface area contributed by atoms with E-state index in [1.807, 2.05) is 32.3 Å². The van der Waals surface area contributed by atoms with Crippen LogP contribution in [0.4, 0.5) is 0 Å². The van der Waals surface area contributed by atoms with Gasteiger partial charge in [-0.05, 0) is 18.2 Å². The molecule has 0 aliphatic rings. The summed E-state index contributed by atoms with van der Waals surface area (Å²) < 4.78 is 11.1. The first-order valence-corrected chi connectivity index (χ1v) is 7.71. The zero-order valence-electron chi connectivity index (χ0n) is 13.9. The Morgan fingerprint density at radius 1 is 1.12 bits per heavy atom. The SMILES string of the molecule is COc1ccccc1-c1coc2c(C[NH+](C)C)c(O)ccc2c1=O. The van der Waals surface area contributed by atoms with Crippen molar-refractivity contribution in [1.29, 1.82) is 0 Å². The number of methoxy groups -OCH3 is 1. The van der Waals surface area contributed by atoms with Gasteiger partial charge in [0.1, 0.15) is 29.9 Å². The van der Waals surface area contributed by atoms with Crippen LogP contribution in [0.15, 0.2) is 51.9 Å². The predicted octanol–water partition coefficient (Wildman–Crippen LogP) is 1.82. The van der Waals surface area contributed by atoms with Gasteiger partial charge in [-0.3, -0.25) is 4.79 Å². The standard InChI is InChI=1S/C19H19NO4/c1-20(2)10-14-16(21)9-8-13-18(22)15(11-24-19(13)14)12-6-4-5-7-17(12)23-3/h4-9,11,21H,10H2,1-3H3/p+1. The number of hydrogen-bond donors (Lipinski definition) is 2. The highest BCUT2D eigenvalue weighted by Gasteiger charge is 2.18. The van der Waals surface area contributed by atoms with E-state index in [2.05, 4.69) is 0 Å². The second-order valence-electron chi connectivity index (χ2n) is 6.00. The topological polar surface area (TPSA) is 64.1 Å². The molecule has 0 saturated carbocycles. The highest BCUT2D eigenvalue weighted by molar-refractivity contribution is 5.86. The van der Waals surface area contributed by atoms with Gasteiger partial charge >= 0.3 is 0 Å². The second-order valence-corrected chi connectivity index (χ2v) is 6.00. The van der Waals surface area contributed by atoms with E-state index in [1.165, 1.54) is 6.26 Å². The molecule has 1 aromatic heterocycles. The first kappa shape index (κ1) is 16.1. The van der Waals surface area contributed by atoms with Crippen molar-refractivity contribution in [2.45, 2.75) is 6.54 Å². The van der Waals surface area contributed by atoms with Crippen molar-refractivity contribution in [3.8, 4) is 22.6 Å². The van der Waals surface area contributed by atoms with Crippen LogP contribution in [0, 0.1) is 0 Å². The molecule has 24 heavy (non-hydrogen) atoms. The van der Waals surface area contributed by atoms with Gasteiger partial charge in [-0.1, -0.05) is 18.2 Å². The van der Waals surface area contributed by atoms with Gasteiger partial charge in [-0.25, -0.2) is 0 Å². The van der Waals surface area contributed by atoms with Crippen molar-refractivity contribution in [3.05, 3.63) is 58.4 Å². The Morgan fingerprint density at radius 3 is 2.58 bits per heavy atom. The van der Waals surface area contributed by atoms with Gasteiger partial charge in [0, 0.05) is 5.56 Å². The maximum Gasteiger partial charge on any atom is 0.200 e. The molecule has 0 bridgehead atoms. The third kappa shape index (κ3) is 2.74. The molecular weight excluding hydrogens is 306 g/mol. The van der Waals surface area contributed by atoms with Crippen LogP contribution in [0.3, 0.4) is 0 Å². The van der Waals surface area contributed by atoms with Gasteiger partial charge in [0.2, 0.25) is 5.43 Å². The summed E-state index contributed by atoms with van der Waals surface area (Å²) in [5.74, 6) is 0.748. The Morgan fingerprint density at radius 2 is 1.88 bits per heavy atom. The number of fused-ring (bicyclic) bond motifs is 1. The maximum absolute atomic E-state index is 12.9. The smallest absolute Gasteiger partial charge is 0.200 e. The summed E-state index contributed by atoms with van der Waals surface area (Å²) in [6.07, 6.45) is 1.44. The molecule has 1 heterocycles. The van der Waals surface area contributed by atoms with Crippen LogP contribution in [0.5, 0.6) is 11.5 Å². The number of rotatable bonds is 4. The number of quaternary nitrogens is 1. The number of benzene rings is 2. The fourth-order valence-corrected chi connectivity index (χ4v) is 2.82. The number of hydrogen-bond acceptors (Lipinski definition) is 4. The molecule has 0 saturated heterocycles. The van der Waals surface area contributed by atoms with Crippen LogP contribution in [0.2, 0.25) is 0 Å². The Kier molecular flexibility index (Phi) is 4.27. The zero-order chi connectivity index (χ0) is 17.3. The number of phenolic OH excluding ortho intramolecular Hbond substituents is 1. The van der Waals surface area contributed by atoms with Gasteiger partial charge in [0.15, 0.2) is 0 Å². The minimum Gasteiger partial charge on any atom is -0.507 e. The third-order valence-electron chi connectivity index (χ3n) is 3.95. The minimum atomic E-state index is -0.143. The second kappa shape index (κ2) is 6.37. The van der Waals surface area contributed by atoms with E-state index in [4.69, 9.17) is 9.15 Å². The normalized spacial score (nSPS) is 11.2. The van der Waals surface area contributed by atoms with Crippen molar-refractivity contribution in [2.75, 3.05) is 21.2 Å². The van der Waals surface area contributed by atoms with E-state index in [0.29, 0.717) is 40.0 Å². The molecule has 0 amide bonds. The summed E-state index contributed by atoms with van der Waals surface area (Å²) in [6, 6.07) is 10.5. The molecule has 0 spiro atoms. The van der Waals surface area contributed by atoms with Crippen LogP contribution in [-0.4, -0.2) is 26.3 Å². The molecule has 0 unspecified atom stereocenters. The molecule has 5 heteroatoms. The van der Waals surface area contributed by atoms with Crippen molar-refractivity contribution in [3.63, 3.8) is 0 Å². The fourth-order valence-electron chi connectivity index (χ4n) is 2.82. The Labute approximate surface area is 139 Å². The Balaban J connectivity index is 2.26. The minimum absolute atomic E-state index is 0.136. The number of nitrogens with one attached hydrogen (secondary N) is 1. The summed E-state index contributed by atoms with van der Waals surface area (Å²) in [5, 5.41) is 10.6. The van der Waals surface area contributed by atoms with E-state index >= 15 is 0 Å². The summed E-state index contributed by atoms with van der Waals surface area (Å²) >= 11 is 0. The molecule has 0 radical (unpaired) electrons. The molecule has 0 atom stereocenters. The lowest BCUT2D eigenvalue weighted by Crippen LogP contribution is -3.04. The largest absolute Gasteiger partial charge is 0.507 e. The van der Waals surface area contributed by atoms with Crippen molar-refractivity contribution in [1.82, 2.24) is 0 Å². The third-order valence-corrected chi connectivity index (χ3v) is 3.95.